The second-order valence-corrected chi connectivity index (χ2v) is 10.1. The summed E-state index contributed by atoms with van der Waals surface area (Å²) in [6.07, 6.45) is 6.28. The van der Waals surface area contributed by atoms with E-state index < -0.39 is 0 Å². The summed E-state index contributed by atoms with van der Waals surface area (Å²) in [5, 5.41) is 17.1. The maximum Gasteiger partial charge on any atom is 0.225 e. The molecule has 1 aliphatic carbocycles. The molecule has 2 fully saturated rings. The van der Waals surface area contributed by atoms with Crippen LogP contribution < -0.4 is 15.5 Å². The SMILES string of the molecule is O=C(C1CCC(Nc2cc3c(nn2)NCCN3Cc2cc(Cl)ccc2Cl)C1)N1CCCCC1. The van der Waals surface area contributed by atoms with Crippen LogP contribution in [0.15, 0.2) is 24.3 Å². The van der Waals surface area contributed by atoms with Crippen LogP contribution in [0.4, 0.5) is 17.3 Å². The molecule has 1 aromatic carbocycles. The summed E-state index contributed by atoms with van der Waals surface area (Å²) in [5.74, 6) is 1.98. The lowest BCUT2D eigenvalue weighted by molar-refractivity contribution is -0.136. The van der Waals surface area contributed by atoms with Gasteiger partial charge in [0.15, 0.2) is 11.6 Å². The molecule has 176 valence electrons. The molecule has 0 spiro atoms. The number of hydrogen-bond donors (Lipinski definition) is 2. The predicted octanol–water partition coefficient (Wildman–Crippen LogP) is 4.81. The lowest BCUT2D eigenvalue weighted by Crippen LogP contribution is -2.39. The first-order valence-electron chi connectivity index (χ1n) is 11.9. The number of rotatable bonds is 5. The molecular formula is C24H30Cl2N6O. The van der Waals surface area contributed by atoms with E-state index in [9.17, 15) is 4.79 Å². The number of benzene rings is 1. The Hall–Kier alpha value is -2.25. The molecule has 33 heavy (non-hydrogen) atoms. The minimum atomic E-state index is 0.120. The molecule has 3 heterocycles. The Morgan fingerprint density at radius 2 is 1.94 bits per heavy atom. The van der Waals surface area contributed by atoms with Crippen LogP contribution in [0.3, 0.4) is 0 Å². The first-order valence-corrected chi connectivity index (χ1v) is 12.7. The van der Waals surface area contributed by atoms with Gasteiger partial charge in [-0.2, -0.15) is 0 Å². The minimum absolute atomic E-state index is 0.120. The van der Waals surface area contributed by atoms with Crippen LogP contribution in [-0.4, -0.2) is 53.2 Å². The lowest BCUT2D eigenvalue weighted by atomic mass is 10.0. The number of piperidine rings is 1. The topological polar surface area (TPSA) is 73.4 Å². The van der Waals surface area contributed by atoms with Crippen LogP contribution in [0.25, 0.3) is 0 Å². The molecule has 1 saturated carbocycles. The normalized spacial score (nSPS) is 22.6. The third kappa shape index (κ3) is 5.14. The zero-order chi connectivity index (χ0) is 22.8. The van der Waals surface area contributed by atoms with Gasteiger partial charge in [0, 0.05) is 60.8 Å². The summed E-state index contributed by atoms with van der Waals surface area (Å²) in [6.45, 7) is 4.10. The number of carbonyl (C=O) groups is 1. The molecule has 5 rings (SSSR count). The van der Waals surface area contributed by atoms with E-state index in [1.165, 1.54) is 6.42 Å². The van der Waals surface area contributed by atoms with Crippen molar-refractivity contribution in [1.29, 1.82) is 0 Å². The van der Waals surface area contributed by atoms with Crippen molar-refractivity contribution in [3.05, 3.63) is 39.9 Å². The summed E-state index contributed by atoms with van der Waals surface area (Å²) >= 11 is 12.6. The van der Waals surface area contributed by atoms with Gasteiger partial charge in [0.1, 0.15) is 0 Å². The molecule has 3 aliphatic rings. The van der Waals surface area contributed by atoms with Crippen molar-refractivity contribution in [3.63, 3.8) is 0 Å². The quantitative estimate of drug-likeness (QED) is 0.628. The molecular weight excluding hydrogens is 459 g/mol. The molecule has 9 heteroatoms. The standard InChI is InChI=1S/C24H30Cl2N6O/c25-18-5-7-20(26)17(12-18)15-32-11-8-27-23-21(32)14-22(29-30-23)28-19-6-4-16(13-19)24(33)31-9-2-1-3-10-31/h5,7,12,14,16,19H,1-4,6,8-11,13,15H2,(H,27,30)(H,28,29). The molecule has 1 aromatic heterocycles. The monoisotopic (exact) mass is 488 g/mol. The minimum Gasteiger partial charge on any atom is -0.366 e. The molecule has 1 saturated heterocycles. The van der Waals surface area contributed by atoms with Crippen molar-refractivity contribution >= 4 is 46.4 Å². The van der Waals surface area contributed by atoms with E-state index in [0.29, 0.717) is 22.5 Å². The summed E-state index contributed by atoms with van der Waals surface area (Å²) in [5.41, 5.74) is 1.98. The van der Waals surface area contributed by atoms with Crippen molar-refractivity contribution in [3.8, 4) is 0 Å². The number of hydrogen-bond acceptors (Lipinski definition) is 6. The Morgan fingerprint density at radius 1 is 1.09 bits per heavy atom. The average Bonchev–Trinajstić information content (AvgIpc) is 3.30. The molecule has 2 N–H and O–H groups in total. The molecule has 2 aliphatic heterocycles. The van der Waals surface area contributed by atoms with E-state index in [-0.39, 0.29) is 12.0 Å². The van der Waals surface area contributed by atoms with Gasteiger partial charge in [0.2, 0.25) is 5.91 Å². The molecule has 0 radical (unpaired) electrons. The van der Waals surface area contributed by atoms with Gasteiger partial charge >= 0.3 is 0 Å². The maximum absolute atomic E-state index is 12.9. The number of likely N-dealkylation sites (tertiary alicyclic amines) is 1. The Labute approximate surface area is 204 Å². The average molecular weight is 489 g/mol. The molecule has 2 unspecified atom stereocenters. The van der Waals surface area contributed by atoms with Crippen molar-refractivity contribution in [2.45, 2.75) is 51.1 Å². The van der Waals surface area contributed by atoms with Crippen molar-refractivity contribution in [2.24, 2.45) is 5.92 Å². The number of fused-ring (bicyclic) bond motifs is 1. The fourth-order valence-corrected chi connectivity index (χ4v) is 5.57. The van der Waals surface area contributed by atoms with Crippen LogP contribution in [0.5, 0.6) is 0 Å². The number of carbonyl (C=O) groups excluding carboxylic acids is 1. The molecule has 2 atom stereocenters. The number of anilines is 3. The maximum atomic E-state index is 12.9. The third-order valence-electron chi connectivity index (χ3n) is 6.96. The van der Waals surface area contributed by atoms with Gasteiger partial charge in [-0.05, 0) is 62.3 Å². The Morgan fingerprint density at radius 3 is 2.79 bits per heavy atom. The zero-order valence-electron chi connectivity index (χ0n) is 18.7. The fourth-order valence-electron chi connectivity index (χ4n) is 5.20. The smallest absolute Gasteiger partial charge is 0.225 e. The van der Waals surface area contributed by atoms with Gasteiger partial charge in [0.25, 0.3) is 0 Å². The van der Waals surface area contributed by atoms with Gasteiger partial charge in [-0.15, -0.1) is 10.2 Å². The lowest BCUT2D eigenvalue weighted by Gasteiger charge is -2.31. The van der Waals surface area contributed by atoms with Crippen LogP contribution in [-0.2, 0) is 11.3 Å². The molecule has 7 nitrogen and oxygen atoms in total. The van der Waals surface area contributed by atoms with E-state index in [0.717, 1.165) is 81.2 Å². The Kier molecular flexibility index (Phi) is 6.79. The largest absolute Gasteiger partial charge is 0.366 e. The summed E-state index contributed by atoms with van der Waals surface area (Å²) in [4.78, 5) is 17.2. The highest BCUT2D eigenvalue weighted by Gasteiger charge is 2.33. The molecule has 1 amide bonds. The summed E-state index contributed by atoms with van der Waals surface area (Å²) in [7, 11) is 0. The van der Waals surface area contributed by atoms with Crippen molar-refractivity contribution in [2.75, 3.05) is 41.7 Å². The van der Waals surface area contributed by atoms with Gasteiger partial charge < -0.3 is 20.4 Å². The Bertz CT molecular complexity index is 1010. The van der Waals surface area contributed by atoms with Crippen LogP contribution in [0.2, 0.25) is 10.0 Å². The number of halogens is 2. The van der Waals surface area contributed by atoms with Gasteiger partial charge in [-0.3, -0.25) is 4.79 Å². The zero-order valence-corrected chi connectivity index (χ0v) is 20.2. The van der Waals surface area contributed by atoms with E-state index >= 15 is 0 Å². The summed E-state index contributed by atoms with van der Waals surface area (Å²) in [6, 6.07) is 7.84. The number of amides is 1. The first-order chi connectivity index (χ1) is 16.1. The van der Waals surface area contributed by atoms with Crippen molar-refractivity contribution in [1.82, 2.24) is 15.1 Å². The molecule has 2 aromatic rings. The highest BCUT2D eigenvalue weighted by atomic mass is 35.5. The molecule has 0 bridgehead atoms. The fraction of sp³-hybridized carbons (Fsp3) is 0.542. The van der Waals surface area contributed by atoms with Crippen molar-refractivity contribution < 1.29 is 4.79 Å². The Balaban J connectivity index is 1.26. The van der Waals surface area contributed by atoms with Gasteiger partial charge in [-0.25, -0.2) is 0 Å². The number of nitrogens with one attached hydrogen (secondary N) is 2. The first kappa shape index (κ1) is 22.5. The highest BCUT2D eigenvalue weighted by Crippen LogP contribution is 2.34. The van der Waals surface area contributed by atoms with Crippen LogP contribution in [0.1, 0.15) is 44.1 Å². The number of aromatic nitrogens is 2. The van der Waals surface area contributed by atoms with Gasteiger partial charge in [0.05, 0.1) is 5.69 Å². The van der Waals surface area contributed by atoms with E-state index in [4.69, 9.17) is 23.2 Å². The highest BCUT2D eigenvalue weighted by molar-refractivity contribution is 6.33. The second-order valence-electron chi connectivity index (χ2n) is 9.28. The number of nitrogens with zero attached hydrogens (tertiary/aromatic N) is 4. The van der Waals surface area contributed by atoms with Gasteiger partial charge in [-0.1, -0.05) is 23.2 Å². The second kappa shape index (κ2) is 9.94. The van der Waals surface area contributed by atoms with Crippen LogP contribution >= 0.6 is 23.2 Å². The van der Waals surface area contributed by atoms with E-state index in [1.54, 1.807) is 6.07 Å². The summed E-state index contributed by atoms with van der Waals surface area (Å²) < 4.78 is 0. The third-order valence-corrected chi connectivity index (χ3v) is 7.56. The van der Waals surface area contributed by atoms with E-state index in [2.05, 4.69) is 30.6 Å². The predicted molar refractivity (Wildman–Crippen MR) is 133 cm³/mol. The van der Waals surface area contributed by atoms with Crippen LogP contribution in [0, 0.1) is 5.92 Å². The van der Waals surface area contributed by atoms with E-state index in [1.807, 2.05) is 18.2 Å².